The van der Waals surface area contributed by atoms with Crippen LogP contribution in [0.5, 0.6) is 0 Å². The predicted molar refractivity (Wildman–Crippen MR) is 123 cm³/mol. The van der Waals surface area contributed by atoms with E-state index in [0.717, 1.165) is 62.7 Å². The summed E-state index contributed by atoms with van der Waals surface area (Å²) in [5, 5.41) is 9.78. The Labute approximate surface area is 184 Å². The van der Waals surface area contributed by atoms with Crippen LogP contribution in [0.4, 0.5) is 0 Å². The molecule has 1 aromatic carbocycles. The van der Waals surface area contributed by atoms with Gasteiger partial charge in [0.1, 0.15) is 12.0 Å². The maximum atomic E-state index is 11.9. The molecule has 3 rings (SSSR count). The molecule has 1 aliphatic rings. The number of oxazole rings is 1. The van der Waals surface area contributed by atoms with Crippen molar-refractivity contribution in [1.82, 2.24) is 25.8 Å². The summed E-state index contributed by atoms with van der Waals surface area (Å²) >= 11 is 0. The van der Waals surface area contributed by atoms with Gasteiger partial charge in [0.2, 0.25) is 11.8 Å². The summed E-state index contributed by atoms with van der Waals surface area (Å²) in [6, 6.07) is 10.2. The van der Waals surface area contributed by atoms with Crippen molar-refractivity contribution >= 4 is 11.9 Å². The van der Waals surface area contributed by atoms with Crippen LogP contribution in [0.1, 0.15) is 38.8 Å². The third kappa shape index (κ3) is 7.40. The second-order valence-corrected chi connectivity index (χ2v) is 7.75. The number of amides is 1. The number of carbonyl (C=O) groups is 1. The standard InChI is InChI=1S/C23H34N6O2/c1-3-12-25-21(30)16-29-13-10-19(11-14-29)28-23(24-4-2)26-15-20-17-31-22(27-20)18-8-6-5-7-9-18/h5-9,17,19H,3-4,10-16H2,1-2H3,(H,25,30)(H2,24,26,28). The molecule has 8 nitrogen and oxygen atoms in total. The average Bonchev–Trinajstić information content (AvgIpc) is 3.27. The minimum atomic E-state index is 0.116. The van der Waals surface area contributed by atoms with Gasteiger partial charge in [0.15, 0.2) is 5.96 Å². The molecule has 31 heavy (non-hydrogen) atoms. The first-order valence-corrected chi connectivity index (χ1v) is 11.2. The van der Waals surface area contributed by atoms with Crippen molar-refractivity contribution in [1.29, 1.82) is 0 Å². The molecule has 0 spiro atoms. The highest BCUT2D eigenvalue weighted by atomic mass is 16.3. The number of aliphatic imine (C=N–C) groups is 1. The average molecular weight is 427 g/mol. The van der Waals surface area contributed by atoms with E-state index in [0.29, 0.717) is 25.0 Å². The summed E-state index contributed by atoms with van der Waals surface area (Å²) < 4.78 is 5.60. The topological polar surface area (TPSA) is 94.8 Å². The molecule has 1 amide bonds. The van der Waals surface area contributed by atoms with Crippen molar-refractivity contribution < 1.29 is 9.21 Å². The summed E-state index contributed by atoms with van der Waals surface area (Å²) in [5.74, 6) is 1.51. The Bertz CT molecular complexity index is 828. The second-order valence-electron chi connectivity index (χ2n) is 7.75. The number of benzene rings is 1. The number of hydrogen-bond acceptors (Lipinski definition) is 5. The van der Waals surface area contributed by atoms with Gasteiger partial charge in [-0.1, -0.05) is 25.1 Å². The van der Waals surface area contributed by atoms with Crippen molar-refractivity contribution in [2.45, 2.75) is 45.7 Å². The molecule has 1 aliphatic heterocycles. The van der Waals surface area contributed by atoms with Gasteiger partial charge in [-0.15, -0.1) is 0 Å². The lowest BCUT2D eigenvalue weighted by molar-refractivity contribution is -0.122. The highest BCUT2D eigenvalue weighted by Gasteiger charge is 2.21. The van der Waals surface area contributed by atoms with Crippen LogP contribution in [0.3, 0.4) is 0 Å². The summed E-state index contributed by atoms with van der Waals surface area (Å²) in [5.41, 5.74) is 1.75. The van der Waals surface area contributed by atoms with E-state index in [1.165, 1.54) is 0 Å². The summed E-state index contributed by atoms with van der Waals surface area (Å²) in [7, 11) is 0. The highest BCUT2D eigenvalue weighted by Crippen LogP contribution is 2.18. The number of rotatable bonds is 9. The molecule has 168 valence electrons. The SMILES string of the molecule is CCCNC(=O)CN1CCC(NC(=NCc2coc(-c3ccccc3)n2)NCC)CC1. The lowest BCUT2D eigenvalue weighted by Gasteiger charge is -2.32. The third-order valence-corrected chi connectivity index (χ3v) is 5.18. The fraction of sp³-hybridized carbons (Fsp3) is 0.522. The summed E-state index contributed by atoms with van der Waals surface area (Å²) in [6.07, 6.45) is 4.59. The Morgan fingerprint density at radius 3 is 2.68 bits per heavy atom. The molecule has 0 saturated carbocycles. The van der Waals surface area contributed by atoms with Crippen LogP contribution in [-0.4, -0.2) is 60.5 Å². The van der Waals surface area contributed by atoms with Gasteiger partial charge in [-0.3, -0.25) is 9.69 Å². The Hall–Kier alpha value is -2.87. The molecule has 1 fully saturated rings. The molecule has 8 heteroatoms. The molecule has 2 aromatic rings. The zero-order chi connectivity index (χ0) is 21.9. The highest BCUT2D eigenvalue weighted by molar-refractivity contribution is 5.80. The second kappa shape index (κ2) is 12.1. The molecule has 3 N–H and O–H groups in total. The van der Waals surface area contributed by atoms with E-state index < -0.39 is 0 Å². The van der Waals surface area contributed by atoms with Crippen molar-refractivity contribution in [2.75, 3.05) is 32.7 Å². The molecule has 1 saturated heterocycles. The van der Waals surface area contributed by atoms with Crippen LogP contribution in [-0.2, 0) is 11.3 Å². The zero-order valence-corrected chi connectivity index (χ0v) is 18.6. The third-order valence-electron chi connectivity index (χ3n) is 5.18. The van der Waals surface area contributed by atoms with E-state index in [1.807, 2.05) is 30.3 Å². The molecular weight excluding hydrogens is 392 g/mol. The Morgan fingerprint density at radius 1 is 1.19 bits per heavy atom. The number of piperidine rings is 1. The van der Waals surface area contributed by atoms with Gasteiger partial charge in [0.25, 0.3) is 0 Å². The van der Waals surface area contributed by atoms with E-state index >= 15 is 0 Å². The molecular formula is C23H34N6O2. The molecule has 2 heterocycles. The number of nitrogens with zero attached hydrogens (tertiary/aromatic N) is 3. The zero-order valence-electron chi connectivity index (χ0n) is 18.6. The molecule has 0 radical (unpaired) electrons. The summed E-state index contributed by atoms with van der Waals surface area (Å²) in [4.78, 5) is 23.4. The van der Waals surface area contributed by atoms with Gasteiger partial charge < -0.3 is 20.4 Å². The number of carbonyl (C=O) groups excluding carboxylic acids is 1. The van der Waals surface area contributed by atoms with E-state index in [1.54, 1.807) is 6.26 Å². The largest absolute Gasteiger partial charge is 0.444 e. The van der Waals surface area contributed by atoms with Crippen LogP contribution in [0.15, 0.2) is 46.0 Å². The van der Waals surface area contributed by atoms with E-state index in [2.05, 4.69) is 44.7 Å². The fourth-order valence-corrected chi connectivity index (χ4v) is 3.53. The first kappa shape index (κ1) is 22.8. The van der Waals surface area contributed by atoms with Crippen LogP contribution < -0.4 is 16.0 Å². The lowest BCUT2D eigenvalue weighted by Crippen LogP contribution is -2.50. The predicted octanol–water partition coefficient (Wildman–Crippen LogP) is 2.39. The van der Waals surface area contributed by atoms with Crippen LogP contribution in [0, 0.1) is 0 Å². The molecule has 0 unspecified atom stereocenters. The monoisotopic (exact) mass is 426 g/mol. The smallest absolute Gasteiger partial charge is 0.234 e. The van der Waals surface area contributed by atoms with E-state index in [4.69, 9.17) is 4.42 Å². The van der Waals surface area contributed by atoms with E-state index in [-0.39, 0.29) is 5.91 Å². The van der Waals surface area contributed by atoms with Gasteiger partial charge in [0.05, 0.1) is 13.1 Å². The van der Waals surface area contributed by atoms with Gasteiger partial charge in [-0.05, 0) is 38.3 Å². The van der Waals surface area contributed by atoms with Crippen molar-refractivity contribution in [3.63, 3.8) is 0 Å². The van der Waals surface area contributed by atoms with Gasteiger partial charge >= 0.3 is 0 Å². The number of hydrogen-bond donors (Lipinski definition) is 3. The number of guanidine groups is 1. The van der Waals surface area contributed by atoms with Crippen LogP contribution >= 0.6 is 0 Å². The Morgan fingerprint density at radius 2 is 1.97 bits per heavy atom. The van der Waals surface area contributed by atoms with Gasteiger partial charge in [-0.2, -0.15) is 0 Å². The molecule has 0 aliphatic carbocycles. The fourth-order valence-electron chi connectivity index (χ4n) is 3.53. The molecule has 0 atom stereocenters. The number of aromatic nitrogens is 1. The Balaban J connectivity index is 1.48. The maximum Gasteiger partial charge on any atom is 0.234 e. The van der Waals surface area contributed by atoms with Gasteiger partial charge in [0, 0.05) is 37.8 Å². The number of likely N-dealkylation sites (tertiary alicyclic amines) is 1. The van der Waals surface area contributed by atoms with Crippen molar-refractivity contribution in [3.05, 3.63) is 42.3 Å². The molecule has 0 bridgehead atoms. The first-order valence-electron chi connectivity index (χ1n) is 11.2. The normalized spacial score (nSPS) is 15.6. The minimum absolute atomic E-state index is 0.116. The first-order chi connectivity index (χ1) is 15.2. The van der Waals surface area contributed by atoms with Crippen LogP contribution in [0.2, 0.25) is 0 Å². The maximum absolute atomic E-state index is 11.9. The van der Waals surface area contributed by atoms with Crippen molar-refractivity contribution in [3.8, 4) is 11.5 Å². The van der Waals surface area contributed by atoms with Gasteiger partial charge in [-0.25, -0.2) is 9.98 Å². The summed E-state index contributed by atoms with van der Waals surface area (Å²) in [6.45, 7) is 8.39. The van der Waals surface area contributed by atoms with Crippen LogP contribution in [0.25, 0.3) is 11.5 Å². The minimum Gasteiger partial charge on any atom is -0.444 e. The van der Waals surface area contributed by atoms with Crippen molar-refractivity contribution in [2.24, 2.45) is 4.99 Å². The van der Waals surface area contributed by atoms with E-state index in [9.17, 15) is 4.79 Å². The Kier molecular flexibility index (Phi) is 8.90. The molecule has 1 aromatic heterocycles. The lowest BCUT2D eigenvalue weighted by atomic mass is 10.1. The number of nitrogens with one attached hydrogen (secondary N) is 3. The quantitative estimate of drug-likeness (QED) is 0.421.